The summed E-state index contributed by atoms with van der Waals surface area (Å²) in [4.78, 5) is 0. The molecule has 0 aromatic heterocycles. The first kappa shape index (κ1) is 11.1. The summed E-state index contributed by atoms with van der Waals surface area (Å²) in [6.07, 6.45) is 1.05. The van der Waals surface area contributed by atoms with Gasteiger partial charge in [-0.2, -0.15) is 0 Å². The maximum Gasteiger partial charge on any atom is 0.187 e. The smallest absolute Gasteiger partial charge is 0.187 e. The lowest BCUT2D eigenvalue weighted by Crippen LogP contribution is -2.31. The van der Waals surface area contributed by atoms with E-state index >= 15 is 0 Å². The lowest BCUT2D eigenvalue weighted by molar-refractivity contribution is 0.613. The molecule has 0 aliphatic heterocycles. The van der Waals surface area contributed by atoms with Crippen LogP contribution in [0.15, 0.2) is 10.2 Å². The molecule has 0 spiro atoms. The predicted molar refractivity (Wildman–Crippen MR) is 48.6 cm³/mol. The number of hydrazine groups is 1. The average molecular weight is 192 g/mol. The molecule has 0 aromatic carbocycles. The highest BCUT2D eigenvalue weighted by Gasteiger charge is 1.92. The van der Waals surface area contributed by atoms with Gasteiger partial charge in [-0.25, -0.2) is 13.8 Å². The molecule has 6 nitrogen and oxygen atoms in total. The number of rotatable bonds is 3. The van der Waals surface area contributed by atoms with Gasteiger partial charge in [0.15, 0.2) is 9.84 Å². The topological polar surface area (TPSA) is 82.9 Å². The Balaban J connectivity index is 4.13. The molecule has 0 aliphatic rings. The summed E-state index contributed by atoms with van der Waals surface area (Å²) in [7, 11) is -1.52. The molecule has 7 heteroatoms. The second-order valence-corrected chi connectivity index (χ2v) is 3.98. The molecule has 0 aromatic rings. The van der Waals surface area contributed by atoms with Crippen LogP contribution >= 0.6 is 0 Å². The van der Waals surface area contributed by atoms with Gasteiger partial charge >= 0.3 is 0 Å². The van der Waals surface area contributed by atoms with Gasteiger partial charge in [0.2, 0.25) is 0 Å². The highest BCUT2D eigenvalue weighted by atomic mass is 32.2. The number of nitrogens with zero attached hydrogens (tertiary/aromatic N) is 2. The lowest BCUT2D eigenvalue weighted by Gasteiger charge is -1.98. The minimum Gasteiger partial charge on any atom is -0.308 e. The van der Waals surface area contributed by atoms with Gasteiger partial charge in [0.1, 0.15) is 11.4 Å². The van der Waals surface area contributed by atoms with Crippen LogP contribution in [0.3, 0.4) is 0 Å². The Morgan fingerprint density at radius 2 is 2.08 bits per heavy atom. The number of nitrogens with one attached hydrogen (secondary N) is 2. The van der Waals surface area contributed by atoms with Gasteiger partial charge in [-0.05, 0) is 6.92 Å². The van der Waals surface area contributed by atoms with Gasteiger partial charge in [0, 0.05) is 13.3 Å². The molecule has 0 saturated carbocycles. The van der Waals surface area contributed by atoms with Crippen molar-refractivity contribution in [1.82, 2.24) is 10.9 Å². The van der Waals surface area contributed by atoms with Crippen molar-refractivity contribution in [1.29, 1.82) is 0 Å². The second-order valence-electron chi connectivity index (χ2n) is 2.11. The molecule has 0 bridgehead atoms. The van der Waals surface area contributed by atoms with E-state index in [0.717, 1.165) is 11.8 Å². The summed E-state index contributed by atoms with van der Waals surface area (Å²) in [6, 6.07) is 0. The molecule has 2 N–H and O–H groups in total. The van der Waals surface area contributed by atoms with Gasteiger partial charge in [0.05, 0.1) is 0 Å². The molecule has 0 amide bonds. The van der Waals surface area contributed by atoms with Gasteiger partial charge in [0.25, 0.3) is 0 Å². The molecule has 0 atom stereocenters. The fraction of sp³-hybridized carbons (Fsp3) is 0.600. The van der Waals surface area contributed by atoms with Crippen molar-refractivity contribution in [2.24, 2.45) is 10.2 Å². The van der Waals surface area contributed by atoms with E-state index in [9.17, 15) is 8.42 Å². The first-order valence-corrected chi connectivity index (χ1v) is 5.11. The zero-order valence-electron chi connectivity index (χ0n) is 7.20. The number of amidine groups is 1. The molecule has 0 saturated heterocycles. The van der Waals surface area contributed by atoms with Crippen molar-refractivity contribution < 1.29 is 8.42 Å². The molecule has 0 aliphatic carbocycles. The highest BCUT2D eigenvalue weighted by Crippen LogP contribution is 1.78. The standard InChI is InChI=1S/C5H12N4O2S/c1-5(8-6-2)9-7-4-12(3,10)11/h4,6H,1-3H3,(H,8,9)/b7-4-. The van der Waals surface area contributed by atoms with Gasteiger partial charge in [-0.15, -0.1) is 10.2 Å². The quantitative estimate of drug-likeness (QED) is 0.345. The van der Waals surface area contributed by atoms with Crippen molar-refractivity contribution >= 4 is 21.2 Å². The van der Waals surface area contributed by atoms with Crippen LogP contribution in [0.25, 0.3) is 0 Å². The van der Waals surface area contributed by atoms with E-state index in [-0.39, 0.29) is 0 Å². The number of sulfone groups is 1. The van der Waals surface area contributed by atoms with Crippen molar-refractivity contribution in [3.63, 3.8) is 0 Å². The van der Waals surface area contributed by atoms with Crippen LogP contribution < -0.4 is 10.9 Å². The Labute approximate surface area is 71.7 Å². The minimum absolute atomic E-state index is 0.484. The molecule has 0 heterocycles. The van der Waals surface area contributed by atoms with E-state index in [0.29, 0.717) is 5.84 Å². The third-order valence-electron chi connectivity index (χ3n) is 0.752. The van der Waals surface area contributed by atoms with Crippen molar-refractivity contribution in [2.45, 2.75) is 6.92 Å². The first-order valence-electron chi connectivity index (χ1n) is 3.16. The third kappa shape index (κ3) is 7.16. The molecule has 0 rings (SSSR count). The summed E-state index contributed by atoms with van der Waals surface area (Å²) in [5.74, 6) is 0.484. The predicted octanol–water partition coefficient (Wildman–Crippen LogP) is -0.883. The SMILES string of the molecule is CNN/C(C)=N\N=C/S(C)(=O)=O. The maximum atomic E-state index is 10.5. The minimum atomic E-state index is -3.18. The summed E-state index contributed by atoms with van der Waals surface area (Å²) >= 11 is 0. The molecular formula is C5H12N4O2S. The average Bonchev–Trinajstić information content (AvgIpc) is 1.84. The Hall–Kier alpha value is -0.950. The van der Waals surface area contributed by atoms with E-state index < -0.39 is 9.84 Å². The van der Waals surface area contributed by atoms with Gasteiger partial charge in [-0.1, -0.05) is 0 Å². The zero-order chi connectivity index (χ0) is 9.61. The van der Waals surface area contributed by atoms with Gasteiger partial charge in [-0.3, -0.25) is 0 Å². The number of hydrogen-bond donors (Lipinski definition) is 2. The van der Waals surface area contributed by atoms with Crippen LogP contribution in [-0.2, 0) is 9.84 Å². The fourth-order valence-electron chi connectivity index (χ4n) is 0.402. The highest BCUT2D eigenvalue weighted by molar-refractivity contribution is 8.03. The largest absolute Gasteiger partial charge is 0.308 e. The molecular weight excluding hydrogens is 180 g/mol. The van der Waals surface area contributed by atoms with Crippen LogP contribution in [-0.4, -0.2) is 33.1 Å². The maximum absolute atomic E-state index is 10.5. The van der Waals surface area contributed by atoms with E-state index in [2.05, 4.69) is 21.1 Å². The monoisotopic (exact) mass is 192 g/mol. The number of hydrogen-bond acceptors (Lipinski definition) is 5. The Morgan fingerprint density at radius 3 is 2.50 bits per heavy atom. The molecule has 12 heavy (non-hydrogen) atoms. The van der Waals surface area contributed by atoms with Crippen molar-refractivity contribution in [3.05, 3.63) is 0 Å². The summed E-state index contributed by atoms with van der Waals surface area (Å²) in [5.41, 5.74) is 6.02. The van der Waals surface area contributed by atoms with Crippen LogP contribution in [0, 0.1) is 0 Å². The Bertz CT molecular complexity index is 280. The Morgan fingerprint density at radius 1 is 1.50 bits per heavy atom. The molecule has 0 unspecified atom stereocenters. The normalized spacial score (nSPS) is 13.8. The van der Waals surface area contributed by atoms with Crippen LogP contribution in [0.1, 0.15) is 6.92 Å². The van der Waals surface area contributed by atoms with E-state index in [4.69, 9.17) is 0 Å². The molecule has 0 fully saturated rings. The van der Waals surface area contributed by atoms with E-state index in [1.54, 1.807) is 14.0 Å². The Kier molecular flexibility index (Phi) is 4.45. The van der Waals surface area contributed by atoms with E-state index in [1.807, 2.05) is 0 Å². The van der Waals surface area contributed by atoms with Crippen LogP contribution in [0.4, 0.5) is 0 Å². The molecule has 70 valence electrons. The second kappa shape index (κ2) is 4.83. The summed E-state index contributed by atoms with van der Waals surface area (Å²) in [5, 5.41) is 6.87. The summed E-state index contributed by atoms with van der Waals surface area (Å²) in [6.45, 7) is 1.65. The lowest BCUT2D eigenvalue weighted by atomic mass is 10.7. The van der Waals surface area contributed by atoms with Crippen molar-refractivity contribution in [3.8, 4) is 0 Å². The van der Waals surface area contributed by atoms with Gasteiger partial charge < -0.3 is 5.43 Å². The van der Waals surface area contributed by atoms with Crippen LogP contribution in [0.2, 0.25) is 0 Å². The van der Waals surface area contributed by atoms with E-state index in [1.165, 1.54) is 0 Å². The first-order chi connectivity index (χ1) is 5.45. The zero-order valence-corrected chi connectivity index (χ0v) is 8.01. The third-order valence-corrected chi connectivity index (χ3v) is 1.23. The van der Waals surface area contributed by atoms with Crippen LogP contribution in [0.5, 0.6) is 0 Å². The fourth-order valence-corrected chi connectivity index (χ4v) is 0.620. The van der Waals surface area contributed by atoms with Crippen molar-refractivity contribution in [2.75, 3.05) is 13.3 Å². The molecule has 0 radical (unpaired) electrons. The summed E-state index contributed by atoms with van der Waals surface area (Å²) < 4.78 is 21.0.